The maximum atomic E-state index is 11.0. The van der Waals surface area contributed by atoms with E-state index >= 15 is 0 Å². The largest absolute Gasteiger partial charge is 0.511 e. The van der Waals surface area contributed by atoms with Crippen LogP contribution in [0.4, 0.5) is 4.79 Å². The lowest BCUT2D eigenvalue weighted by atomic mass is 9.96. The minimum atomic E-state index is -1.39. The third-order valence-corrected chi connectivity index (χ3v) is 3.23. The number of aromatic nitrogens is 1. The number of hydrogen-bond donors (Lipinski definition) is 1. The summed E-state index contributed by atoms with van der Waals surface area (Å²) in [7, 11) is 1.44. The first-order chi connectivity index (χ1) is 10.1. The van der Waals surface area contributed by atoms with Crippen LogP contribution < -0.4 is 9.47 Å². The number of carboxylic acid groups (broad SMARTS) is 1. The Labute approximate surface area is 123 Å². The molecule has 2 rings (SSSR count). The van der Waals surface area contributed by atoms with Crippen molar-refractivity contribution >= 4 is 6.16 Å². The van der Waals surface area contributed by atoms with Gasteiger partial charge in [0.05, 0.1) is 7.11 Å². The second-order valence-electron chi connectivity index (χ2n) is 4.48. The Morgan fingerprint density at radius 3 is 2.48 bits per heavy atom. The van der Waals surface area contributed by atoms with Gasteiger partial charge in [-0.15, -0.1) is 0 Å². The molecule has 1 aromatic carbocycles. The molecule has 0 amide bonds. The van der Waals surface area contributed by atoms with Crippen LogP contribution in [-0.2, 0) is 6.42 Å². The highest BCUT2D eigenvalue weighted by Gasteiger charge is 2.22. The molecule has 1 aromatic heterocycles. The fourth-order valence-electron chi connectivity index (χ4n) is 2.36. The monoisotopic (exact) mass is 287 g/mol. The first kappa shape index (κ1) is 14.8. The molecule has 0 radical (unpaired) electrons. The second-order valence-corrected chi connectivity index (χ2v) is 4.48. The van der Waals surface area contributed by atoms with Crippen LogP contribution in [-0.4, -0.2) is 23.4 Å². The predicted molar refractivity (Wildman–Crippen MR) is 79.0 cm³/mol. The number of benzene rings is 1. The van der Waals surface area contributed by atoms with E-state index in [4.69, 9.17) is 14.6 Å². The van der Waals surface area contributed by atoms with E-state index < -0.39 is 6.16 Å². The molecule has 5 heteroatoms. The predicted octanol–water partition coefficient (Wildman–Crippen LogP) is 3.68. The SMILES string of the molecule is CCc1c(C)nc(OC)c(OC(=O)O)c1-c1ccccc1. The molecular formula is C16H17NO4. The summed E-state index contributed by atoms with van der Waals surface area (Å²) in [5.41, 5.74) is 3.32. The summed E-state index contributed by atoms with van der Waals surface area (Å²) in [6.45, 7) is 3.87. The number of hydrogen-bond acceptors (Lipinski definition) is 4. The summed E-state index contributed by atoms with van der Waals surface area (Å²) >= 11 is 0. The van der Waals surface area contributed by atoms with E-state index in [0.717, 1.165) is 16.8 Å². The lowest BCUT2D eigenvalue weighted by molar-refractivity contribution is 0.142. The standard InChI is InChI=1S/C16H17NO4/c1-4-12-10(2)17-15(20-3)14(21-16(18)19)13(12)11-8-6-5-7-9-11/h5-9H,4H2,1-3H3,(H,18,19). The molecule has 0 atom stereocenters. The molecule has 0 unspecified atom stereocenters. The molecule has 0 spiro atoms. The zero-order valence-electron chi connectivity index (χ0n) is 12.2. The summed E-state index contributed by atoms with van der Waals surface area (Å²) in [6.07, 6.45) is -0.679. The molecule has 0 aliphatic carbocycles. The Hall–Kier alpha value is -2.56. The summed E-state index contributed by atoms with van der Waals surface area (Å²) < 4.78 is 10.1. The Morgan fingerprint density at radius 2 is 1.95 bits per heavy atom. The van der Waals surface area contributed by atoms with Gasteiger partial charge in [-0.2, -0.15) is 0 Å². The molecule has 0 saturated heterocycles. The molecule has 5 nitrogen and oxygen atoms in total. The van der Waals surface area contributed by atoms with Gasteiger partial charge in [0, 0.05) is 11.3 Å². The van der Waals surface area contributed by atoms with Crippen LogP contribution in [0.15, 0.2) is 30.3 Å². The Kier molecular flexibility index (Phi) is 4.42. The van der Waals surface area contributed by atoms with Crippen LogP contribution in [0, 0.1) is 6.92 Å². The van der Waals surface area contributed by atoms with Gasteiger partial charge in [0.1, 0.15) is 0 Å². The summed E-state index contributed by atoms with van der Waals surface area (Å²) in [5, 5.41) is 8.99. The molecule has 0 fully saturated rings. The van der Waals surface area contributed by atoms with Crippen molar-refractivity contribution in [3.8, 4) is 22.8 Å². The number of methoxy groups -OCH3 is 1. The average molecular weight is 287 g/mol. The fourth-order valence-corrected chi connectivity index (χ4v) is 2.36. The topological polar surface area (TPSA) is 68.7 Å². The highest BCUT2D eigenvalue weighted by atomic mass is 16.7. The Bertz CT molecular complexity index is 653. The molecular weight excluding hydrogens is 270 g/mol. The number of aryl methyl sites for hydroxylation is 1. The summed E-state index contributed by atoms with van der Waals surface area (Å²) in [6, 6.07) is 9.49. The van der Waals surface area contributed by atoms with Crippen molar-refractivity contribution in [2.45, 2.75) is 20.3 Å². The van der Waals surface area contributed by atoms with Crippen molar-refractivity contribution in [3.63, 3.8) is 0 Å². The van der Waals surface area contributed by atoms with Gasteiger partial charge < -0.3 is 14.6 Å². The quantitative estimate of drug-likeness (QED) is 0.869. The number of ether oxygens (including phenoxy) is 2. The van der Waals surface area contributed by atoms with Gasteiger partial charge >= 0.3 is 6.16 Å². The molecule has 0 aliphatic heterocycles. The van der Waals surface area contributed by atoms with E-state index in [0.29, 0.717) is 12.0 Å². The highest BCUT2D eigenvalue weighted by molar-refractivity contribution is 5.79. The minimum Gasteiger partial charge on any atom is -0.478 e. The van der Waals surface area contributed by atoms with E-state index in [-0.39, 0.29) is 11.6 Å². The number of nitrogens with zero attached hydrogens (tertiary/aromatic N) is 1. The van der Waals surface area contributed by atoms with E-state index in [9.17, 15) is 4.79 Å². The van der Waals surface area contributed by atoms with Crippen LogP contribution >= 0.6 is 0 Å². The third kappa shape index (κ3) is 2.97. The van der Waals surface area contributed by atoms with Crippen LogP contribution in [0.5, 0.6) is 11.6 Å². The molecule has 21 heavy (non-hydrogen) atoms. The van der Waals surface area contributed by atoms with Gasteiger partial charge in [-0.25, -0.2) is 9.78 Å². The second kappa shape index (κ2) is 6.26. The molecule has 0 bridgehead atoms. The minimum absolute atomic E-state index is 0.138. The van der Waals surface area contributed by atoms with Crippen molar-refractivity contribution in [2.24, 2.45) is 0 Å². The molecule has 1 N–H and O–H groups in total. The zero-order valence-corrected chi connectivity index (χ0v) is 12.2. The normalized spacial score (nSPS) is 10.2. The van der Waals surface area contributed by atoms with Gasteiger partial charge in [-0.3, -0.25) is 0 Å². The highest BCUT2D eigenvalue weighted by Crippen LogP contribution is 2.41. The first-order valence-corrected chi connectivity index (χ1v) is 6.62. The summed E-state index contributed by atoms with van der Waals surface area (Å²) in [5.74, 6) is 0.310. The third-order valence-electron chi connectivity index (χ3n) is 3.23. The lowest BCUT2D eigenvalue weighted by Crippen LogP contribution is -2.09. The van der Waals surface area contributed by atoms with Crippen molar-refractivity contribution < 1.29 is 19.4 Å². The maximum Gasteiger partial charge on any atom is 0.511 e. The van der Waals surface area contributed by atoms with E-state index in [1.807, 2.05) is 44.2 Å². The molecule has 2 aromatic rings. The van der Waals surface area contributed by atoms with Gasteiger partial charge in [0.2, 0.25) is 5.75 Å². The average Bonchev–Trinajstić information content (AvgIpc) is 2.48. The number of pyridine rings is 1. The van der Waals surface area contributed by atoms with Crippen molar-refractivity contribution in [2.75, 3.05) is 7.11 Å². The van der Waals surface area contributed by atoms with Crippen molar-refractivity contribution in [1.82, 2.24) is 4.98 Å². The van der Waals surface area contributed by atoms with E-state index in [1.165, 1.54) is 7.11 Å². The van der Waals surface area contributed by atoms with Gasteiger partial charge in [0.15, 0.2) is 0 Å². The van der Waals surface area contributed by atoms with Gasteiger partial charge in [-0.1, -0.05) is 37.3 Å². The summed E-state index contributed by atoms with van der Waals surface area (Å²) in [4.78, 5) is 15.3. The van der Waals surface area contributed by atoms with Crippen LogP contribution in [0.3, 0.4) is 0 Å². The molecule has 0 saturated carbocycles. The smallest absolute Gasteiger partial charge is 0.478 e. The molecule has 1 heterocycles. The molecule has 110 valence electrons. The van der Waals surface area contributed by atoms with E-state index in [2.05, 4.69) is 4.98 Å². The van der Waals surface area contributed by atoms with E-state index in [1.54, 1.807) is 0 Å². The van der Waals surface area contributed by atoms with Crippen LogP contribution in [0.25, 0.3) is 11.1 Å². The lowest BCUT2D eigenvalue weighted by Gasteiger charge is -2.17. The zero-order chi connectivity index (χ0) is 15.4. The Morgan fingerprint density at radius 1 is 1.29 bits per heavy atom. The van der Waals surface area contributed by atoms with Gasteiger partial charge in [-0.05, 0) is 24.5 Å². The van der Waals surface area contributed by atoms with Crippen molar-refractivity contribution in [3.05, 3.63) is 41.6 Å². The fraction of sp³-hybridized carbons (Fsp3) is 0.250. The number of carbonyl (C=O) groups is 1. The van der Waals surface area contributed by atoms with Crippen LogP contribution in [0.2, 0.25) is 0 Å². The van der Waals surface area contributed by atoms with Gasteiger partial charge in [0.25, 0.3) is 5.88 Å². The number of rotatable bonds is 4. The van der Waals surface area contributed by atoms with Crippen LogP contribution in [0.1, 0.15) is 18.2 Å². The maximum absolute atomic E-state index is 11.0. The Balaban J connectivity index is 2.79. The molecule has 0 aliphatic rings. The van der Waals surface area contributed by atoms with Crippen molar-refractivity contribution in [1.29, 1.82) is 0 Å². The first-order valence-electron chi connectivity index (χ1n) is 6.62.